The fourth-order valence-electron chi connectivity index (χ4n) is 1.54. The second-order valence-electron chi connectivity index (χ2n) is 3.81. The first kappa shape index (κ1) is 14.6. The van der Waals surface area contributed by atoms with Gasteiger partial charge in [0.05, 0.1) is 15.7 Å². The van der Waals surface area contributed by atoms with Gasteiger partial charge in [0, 0.05) is 15.7 Å². The predicted molar refractivity (Wildman–Crippen MR) is 89.8 cm³/mol. The Morgan fingerprint density at radius 3 is 2.42 bits per heavy atom. The molecule has 0 heterocycles. The van der Waals surface area contributed by atoms with E-state index in [1.165, 1.54) is 0 Å². The molecule has 0 fully saturated rings. The molecule has 98 valence electrons. The standard InChI is InChI=1S/C13H9BrCl2N2S/c14-7-1-4-12(11(16)5-7)18-8-2-3-9(13(17)19)10(15)6-8/h1-6,18H,(H2,17,19). The highest BCUT2D eigenvalue weighted by Gasteiger charge is 2.06. The van der Waals surface area contributed by atoms with Crippen molar-refractivity contribution < 1.29 is 0 Å². The molecule has 0 aliphatic rings. The minimum absolute atomic E-state index is 0.276. The molecule has 0 aromatic heterocycles. The maximum absolute atomic E-state index is 6.13. The monoisotopic (exact) mass is 374 g/mol. The zero-order valence-corrected chi connectivity index (χ0v) is 13.5. The van der Waals surface area contributed by atoms with Crippen molar-refractivity contribution in [1.82, 2.24) is 0 Å². The Kier molecular flexibility index (Phi) is 4.68. The van der Waals surface area contributed by atoms with Crippen LogP contribution in [0.15, 0.2) is 40.9 Å². The number of nitrogens with two attached hydrogens (primary N) is 1. The summed E-state index contributed by atoms with van der Waals surface area (Å²) in [6.07, 6.45) is 0. The summed E-state index contributed by atoms with van der Waals surface area (Å²) >= 11 is 20.5. The maximum Gasteiger partial charge on any atom is 0.105 e. The highest BCUT2D eigenvalue weighted by molar-refractivity contribution is 9.10. The maximum atomic E-state index is 6.13. The lowest BCUT2D eigenvalue weighted by atomic mass is 10.2. The van der Waals surface area contributed by atoms with Crippen molar-refractivity contribution in [2.45, 2.75) is 0 Å². The fraction of sp³-hybridized carbons (Fsp3) is 0. The van der Waals surface area contributed by atoms with Gasteiger partial charge < -0.3 is 11.1 Å². The van der Waals surface area contributed by atoms with Gasteiger partial charge in [-0.3, -0.25) is 0 Å². The zero-order chi connectivity index (χ0) is 14.0. The molecule has 2 nitrogen and oxygen atoms in total. The summed E-state index contributed by atoms with van der Waals surface area (Å²) in [5.74, 6) is 0. The molecule has 2 aromatic rings. The number of benzene rings is 2. The van der Waals surface area contributed by atoms with E-state index < -0.39 is 0 Å². The largest absolute Gasteiger partial charge is 0.389 e. The van der Waals surface area contributed by atoms with E-state index in [1.54, 1.807) is 12.1 Å². The molecule has 0 unspecified atom stereocenters. The first-order valence-electron chi connectivity index (χ1n) is 5.29. The topological polar surface area (TPSA) is 38.0 Å². The molecule has 6 heteroatoms. The van der Waals surface area contributed by atoms with E-state index in [0.717, 1.165) is 15.8 Å². The van der Waals surface area contributed by atoms with Crippen molar-refractivity contribution in [3.05, 3.63) is 56.5 Å². The van der Waals surface area contributed by atoms with E-state index in [-0.39, 0.29) is 4.99 Å². The van der Waals surface area contributed by atoms with Crippen LogP contribution in [-0.4, -0.2) is 4.99 Å². The molecule has 0 aliphatic heterocycles. The normalized spacial score (nSPS) is 10.3. The zero-order valence-electron chi connectivity index (χ0n) is 9.58. The van der Waals surface area contributed by atoms with Crippen LogP contribution in [0.25, 0.3) is 0 Å². The SMILES string of the molecule is NC(=S)c1ccc(Nc2ccc(Br)cc2Cl)cc1Cl. The Hall–Kier alpha value is -0.810. The van der Waals surface area contributed by atoms with Gasteiger partial charge in [-0.15, -0.1) is 0 Å². The van der Waals surface area contributed by atoms with Crippen LogP contribution in [0.4, 0.5) is 11.4 Å². The summed E-state index contributed by atoms with van der Waals surface area (Å²) in [5.41, 5.74) is 7.82. The van der Waals surface area contributed by atoms with E-state index in [2.05, 4.69) is 21.2 Å². The predicted octanol–water partition coefficient (Wildman–Crippen LogP) is 5.13. The molecule has 0 saturated carbocycles. The molecule has 0 amide bonds. The van der Waals surface area contributed by atoms with Crippen LogP contribution >= 0.6 is 51.3 Å². The third-order valence-corrected chi connectivity index (χ3v) is 3.78. The van der Waals surface area contributed by atoms with Crippen LogP contribution in [0.2, 0.25) is 10.0 Å². The van der Waals surface area contributed by atoms with Gasteiger partial charge in [0.2, 0.25) is 0 Å². The summed E-state index contributed by atoms with van der Waals surface area (Å²) in [5, 5.41) is 4.31. The molecular formula is C13H9BrCl2N2S. The van der Waals surface area contributed by atoms with Crippen molar-refractivity contribution in [3.8, 4) is 0 Å². The lowest BCUT2D eigenvalue weighted by molar-refractivity contribution is 1.52. The Balaban J connectivity index is 2.29. The van der Waals surface area contributed by atoms with E-state index in [1.807, 2.05) is 24.3 Å². The van der Waals surface area contributed by atoms with Crippen molar-refractivity contribution in [2.75, 3.05) is 5.32 Å². The van der Waals surface area contributed by atoms with Crippen molar-refractivity contribution in [2.24, 2.45) is 5.73 Å². The Morgan fingerprint density at radius 2 is 1.84 bits per heavy atom. The average molecular weight is 376 g/mol. The van der Waals surface area contributed by atoms with Crippen molar-refractivity contribution >= 4 is 67.7 Å². The van der Waals surface area contributed by atoms with Crippen LogP contribution in [0.3, 0.4) is 0 Å². The fourth-order valence-corrected chi connectivity index (χ4v) is 2.78. The average Bonchev–Trinajstić information content (AvgIpc) is 2.32. The Morgan fingerprint density at radius 1 is 1.11 bits per heavy atom. The smallest absolute Gasteiger partial charge is 0.105 e. The number of halogens is 3. The summed E-state index contributed by atoms with van der Waals surface area (Å²) in [6.45, 7) is 0. The molecular weight excluding hydrogens is 367 g/mol. The highest BCUT2D eigenvalue weighted by atomic mass is 79.9. The van der Waals surface area contributed by atoms with Gasteiger partial charge in [-0.1, -0.05) is 51.3 Å². The van der Waals surface area contributed by atoms with Crippen LogP contribution < -0.4 is 11.1 Å². The minimum Gasteiger partial charge on any atom is -0.389 e. The third kappa shape index (κ3) is 3.60. The van der Waals surface area contributed by atoms with E-state index in [0.29, 0.717) is 15.6 Å². The van der Waals surface area contributed by atoms with E-state index in [4.69, 9.17) is 41.2 Å². The molecule has 0 atom stereocenters. The molecule has 0 bridgehead atoms. The van der Waals surface area contributed by atoms with E-state index >= 15 is 0 Å². The van der Waals surface area contributed by atoms with Crippen molar-refractivity contribution in [3.63, 3.8) is 0 Å². The summed E-state index contributed by atoms with van der Waals surface area (Å²) in [7, 11) is 0. The number of anilines is 2. The van der Waals surface area contributed by atoms with Gasteiger partial charge in [0.25, 0.3) is 0 Å². The van der Waals surface area contributed by atoms with Crippen LogP contribution in [0.5, 0.6) is 0 Å². The number of rotatable bonds is 3. The van der Waals surface area contributed by atoms with Crippen LogP contribution in [-0.2, 0) is 0 Å². The molecule has 0 aliphatic carbocycles. The lowest BCUT2D eigenvalue weighted by Gasteiger charge is -2.10. The number of hydrogen-bond donors (Lipinski definition) is 2. The minimum atomic E-state index is 0.276. The first-order valence-corrected chi connectivity index (χ1v) is 7.24. The summed E-state index contributed by atoms with van der Waals surface area (Å²) in [6, 6.07) is 11.0. The number of hydrogen-bond acceptors (Lipinski definition) is 2. The van der Waals surface area contributed by atoms with Gasteiger partial charge in [-0.25, -0.2) is 0 Å². The van der Waals surface area contributed by atoms with Gasteiger partial charge >= 0.3 is 0 Å². The number of thiocarbonyl (C=S) groups is 1. The second-order valence-corrected chi connectivity index (χ2v) is 5.98. The highest BCUT2D eigenvalue weighted by Crippen LogP contribution is 2.30. The van der Waals surface area contributed by atoms with Gasteiger partial charge in [0.15, 0.2) is 0 Å². The van der Waals surface area contributed by atoms with Gasteiger partial charge in [-0.2, -0.15) is 0 Å². The second kappa shape index (κ2) is 6.09. The number of nitrogens with one attached hydrogen (secondary N) is 1. The van der Waals surface area contributed by atoms with Crippen molar-refractivity contribution in [1.29, 1.82) is 0 Å². The van der Waals surface area contributed by atoms with E-state index in [9.17, 15) is 0 Å². The molecule has 0 saturated heterocycles. The third-order valence-electron chi connectivity index (χ3n) is 2.44. The molecule has 2 rings (SSSR count). The van der Waals surface area contributed by atoms with Crippen LogP contribution in [0, 0.1) is 0 Å². The Bertz CT molecular complexity index is 647. The van der Waals surface area contributed by atoms with Gasteiger partial charge in [0.1, 0.15) is 4.99 Å². The van der Waals surface area contributed by atoms with Crippen LogP contribution in [0.1, 0.15) is 5.56 Å². The molecule has 0 spiro atoms. The molecule has 2 aromatic carbocycles. The Labute approximate surface area is 135 Å². The van der Waals surface area contributed by atoms with Gasteiger partial charge in [-0.05, 0) is 36.4 Å². The molecule has 3 N–H and O–H groups in total. The summed E-state index contributed by atoms with van der Waals surface area (Å²) < 4.78 is 0.921. The molecule has 19 heavy (non-hydrogen) atoms. The summed E-state index contributed by atoms with van der Waals surface area (Å²) in [4.78, 5) is 0.276. The quantitative estimate of drug-likeness (QED) is 0.730. The first-order chi connectivity index (χ1) is 8.97. The lowest BCUT2D eigenvalue weighted by Crippen LogP contribution is -2.09. The molecule has 0 radical (unpaired) electrons.